The predicted molar refractivity (Wildman–Crippen MR) is 62.0 cm³/mol. The van der Waals surface area contributed by atoms with E-state index in [2.05, 4.69) is 11.9 Å². The molecule has 0 saturated carbocycles. The van der Waals surface area contributed by atoms with Crippen LogP contribution in [0.1, 0.15) is 27.2 Å². The SMILES string of the molecule is C=C(C)C(=C/C)/C(=C\C)NCCCO. The van der Waals surface area contributed by atoms with Crippen molar-refractivity contribution in [2.24, 2.45) is 0 Å². The molecule has 0 atom stereocenters. The highest BCUT2D eigenvalue weighted by Gasteiger charge is 2.02. The maximum absolute atomic E-state index is 8.67. The normalized spacial score (nSPS) is 12.9. The molecule has 0 saturated heterocycles. The molecular weight excluding hydrogens is 174 g/mol. The molecular formula is C12H21NO. The van der Waals surface area contributed by atoms with Crippen LogP contribution in [0.2, 0.25) is 0 Å². The Morgan fingerprint density at radius 1 is 1.36 bits per heavy atom. The third-order valence-corrected chi connectivity index (χ3v) is 1.98. The second-order valence-electron chi connectivity index (χ2n) is 3.19. The zero-order chi connectivity index (χ0) is 11.0. The first-order chi connectivity index (χ1) is 6.67. The Morgan fingerprint density at radius 2 is 2.00 bits per heavy atom. The Hall–Kier alpha value is -1.02. The van der Waals surface area contributed by atoms with Crippen LogP contribution in [0.25, 0.3) is 0 Å². The Morgan fingerprint density at radius 3 is 2.36 bits per heavy atom. The summed E-state index contributed by atoms with van der Waals surface area (Å²) in [6, 6.07) is 0. The van der Waals surface area contributed by atoms with E-state index in [9.17, 15) is 0 Å². The molecule has 0 aliphatic rings. The number of nitrogens with one attached hydrogen (secondary N) is 1. The first-order valence-corrected chi connectivity index (χ1v) is 5.01. The molecule has 0 aromatic rings. The molecule has 14 heavy (non-hydrogen) atoms. The summed E-state index contributed by atoms with van der Waals surface area (Å²) in [5.74, 6) is 0. The number of hydrogen-bond donors (Lipinski definition) is 2. The van der Waals surface area contributed by atoms with Crippen molar-refractivity contribution in [3.05, 3.63) is 35.6 Å². The Kier molecular flexibility index (Phi) is 6.85. The summed E-state index contributed by atoms with van der Waals surface area (Å²) < 4.78 is 0. The minimum Gasteiger partial charge on any atom is -0.396 e. The first kappa shape index (κ1) is 13.0. The van der Waals surface area contributed by atoms with Gasteiger partial charge in [0.25, 0.3) is 0 Å². The second kappa shape index (κ2) is 7.39. The van der Waals surface area contributed by atoms with Crippen molar-refractivity contribution >= 4 is 0 Å². The third kappa shape index (κ3) is 4.28. The third-order valence-electron chi connectivity index (χ3n) is 1.98. The molecule has 2 N–H and O–H groups in total. The Balaban J connectivity index is 4.34. The molecule has 0 fully saturated rings. The van der Waals surface area contributed by atoms with E-state index in [1.807, 2.05) is 32.9 Å². The Bertz CT molecular complexity index is 239. The molecule has 0 spiro atoms. The maximum atomic E-state index is 8.67. The predicted octanol–water partition coefficient (Wildman–Crippen LogP) is 2.38. The van der Waals surface area contributed by atoms with Crippen LogP contribution >= 0.6 is 0 Å². The minimum absolute atomic E-state index is 0.224. The van der Waals surface area contributed by atoms with Crippen LogP contribution in [0, 0.1) is 0 Å². The smallest absolute Gasteiger partial charge is 0.0447 e. The highest BCUT2D eigenvalue weighted by atomic mass is 16.3. The molecule has 0 heterocycles. The molecule has 0 rings (SSSR count). The number of aliphatic hydroxyl groups excluding tert-OH is 1. The number of hydrogen-bond acceptors (Lipinski definition) is 2. The van der Waals surface area contributed by atoms with Crippen molar-refractivity contribution in [2.75, 3.05) is 13.2 Å². The molecule has 0 unspecified atom stereocenters. The summed E-state index contributed by atoms with van der Waals surface area (Å²) >= 11 is 0. The van der Waals surface area contributed by atoms with Gasteiger partial charge in [-0.25, -0.2) is 0 Å². The van der Waals surface area contributed by atoms with Crippen LogP contribution in [-0.2, 0) is 0 Å². The van der Waals surface area contributed by atoms with Gasteiger partial charge in [-0.3, -0.25) is 0 Å². The van der Waals surface area contributed by atoms with Crippen LogP contribution in [0.5, 0.6) is 0 Å². The molecule has 80 valence electrons. The summed E-state index contributed by atoms with van der Waals surface area (Å²) in [6.07, 6.45) is 4.84. The first-order valence-electron chi connectivity index (χ1n) is 5.01. The Labute approximate surface area is 87.0 Å². The molecule has 0 aromatic heterocycles. The van der Waals surface area contributed by atoms with Crippen LogP contribution in [-0.4, -0.2) is 18.3 Å². The second-order valence-corrected chi connectivity index (χ2v) is 3.19. The minimum atomic E-state index is 0.224. The monoisotopic (exact) mass is 195 g/mol. The number of aliphatic hydroxyl groups is 1. The zero-order valence-corrected chi connectivity index (χ0v) is 9.43. The van der Waals surface area contributed by atoms with Gasteiger partial charge in [0.05, 0.1) is 0 Å². The van der Waals surface area contributed by atoms with E-state index in [0.29, 0.717) is 0 Å². The van der Waals surface area contributed by atoms with Crippen molar-refractivity contribution in [3.63, 3.8) is 0 Å². The lowest BCUT2D eigenvalue weighted by atomic mass is 10.1. The topological polar surface area (TPSA) is 32.3 Å². The zero-order valence-electron chi connectivity index (χ0n) is 9.43. The van der Waals surface area contributed by atoms with Crippen molar-refractivity contribution < 1.29 is 5.11 Å². The quantitative estimate of drug-likeness (QED) is 0.504. The van der Waals surface area contributed by atoms with E-state index in [0.717, 1.165) is 29.8 Å². The van der Waals surface area contributed by atoms with Gasteiger partial charge < -0.3 is 10.4 Å². The fourth-order valence-corrected chi connectivity index (χ4v) is 1.29. The van der Waals surface area contributed by atoms with E-state index in [4.69, 9.17) is 5.11 Å². The van der Waals surface area contributed by atoms with Gasteiger partial charge in [-0.05, 0) is 38.3 Å². The molecule has 0 aromatic carbocycles. The van der Waals surface area contributed by atoms with E-state index in [1.165, 1.54) is 0 Å². The van der Waals surface area contributed by atoms with Crippen LogP contribution in [0.15, 0.2) is 35.6 Å². The number of rotatable bonds is 6. The van der Waals surface area contributed by atoms with E-state index >= 15 is 0 Å². The van der Waals surface area contributed by atoms with Crippen molar-refractivity contribution in [1.29, 1.82) is 0 Å². The van der Waals surface area contributed by atoms with Gasteiger partial charge in [-0.2, -0.15) is 0 Å². The molecule has 0 radical (unpaired) electrons. The van der Waals surface area contributed by atoms with Crippen molar-refractivity contribution in [1.82, 2.24) is 5.32 Å². The highest BCUT2D eigenvalue weighted by molar-refractivity contribution is 5.42. The van der Waals surface area contributed by atoms with Crippen LogP contribution < -0.4 is 5.32 Å². The number of allylic oxidation sites excluding steroid dienone is 3. The fraction of sp³-hybridized carbons (Fsp3) is 0.500. The average molecular weight is 195 g/mol. The van der Waals surface area contributed by atoms with Gasteiger partial charge in [0, 0.05) is 18.8 Å². The van der Waals surface area contributed by atoms with Gasteiger partial charge in [-0.1, -0.05) is 18.7 Å². The van der Waals surface area contributed by atoms with Gasteiger partial charge in [0.15, 0.2) is 0 Å². The van der Waals surface area contributed by atoms with E-state index in [-0.39, 0.29) is 6.61 Å². The summed E-state index contributed by atoms with van der Waals surface area (Å²) in [4.78, 5) is 0. The molecule has 2 nitrogen and oxygen atoms in total. The molecule has 0 bridgehead atoms. The average Bonchev–Trinajstić information content (AvgIpc) is 2.16. The maximum Gasteiger partial charge on any atom is 0.0447 e. The summed E-state index contributed by atoms with van der Waals surface area (Å²) in [5, 5.41) is 11.9. The van der Waals surface area contributed by atoms with Crippen molar-refractivity contribution in [2.45, 2.75) is 27.2 Å². The van der Waals surface area contributed by atoms with Gasteiger partial charge in [0.2, 0.25) is 0 Å². The lowest BCUT2D eigenvalue weighted by Gasteiger charge is -2.13. The van der Waals surface area contributed by atoms with Crippen molar-refractivity contribution in [3.8, 4) is 0 Å². The van der Waals surface area contributed by atoms with Crippen LogP contribution in [0.3, 0.4) is 0 Å². The fourth-order valence-electron chi connectivity index (χ4n) is 1.29. The van der Waals surface area contributed by atoms with E-state index in [1.54, 1.807) is 0 Å². The van der Waals surface area contributed by atoms with Gasteiger partial charge in [0.1, 0.15) is 0 Å². The molecule has 0 amide bonds. The molecule has 0 aliphatic heterocycles. The van der Waals surface area contributed by atoms with Gasteiger partial charge >= 0.3 is 0 Å². The highest BCUT2D eigenvalue weighted by Crippen LogP contribution is 2.14. The lowest BCUT2D eigenvalue weighted by Crippen LogP contribution is -2.17. The lowest BCUT2D eigenvalue weighted by molar-refractivity contribution is 0.288. The summed E-state index contributed by atoms with van der Waals surface area (Å²) in [6.45, 7) is 10.9. The molecule has 2 heteroatoms. The summed E-state index contributed by atoms with van der Waals surface area (Å²) in [5.41, 5.74) is 3.29. The largest absolute Gasteiger partial charge is 0.396 e. The standard InChI is InChI=1S/C12H21NO/c1-5-11(10(3)4)12(6-2)13-8-7-9-14/h5-6,13-14H,3,7-9H2,1-2,4H3/b11-5-,12-6+. The van der Waals surface area contributed by atoms with Crippen LogP contribution in [0.4, 0.5) is 0 Å². The van der Waals surface area contributed by atoms with Gasteiger partial charge in [-0.15, -0.1) is 0 Å². The summed E-state index contributed by atoms with van der Waals surface area (Å²) in [7, 11) is 0. The molecule has 0 aliphatic carbocycles. The van der Waals surface area contributed by atoms with E-state index < -0.39 is 0 Å².